The highest BCUT2D eigenvalue weighted by molar-refractivity contribution is 6.09. The Morgan fingerprint density at radius 1 is 1.18 bits per heavy atom. The largest absolute Gasteiger partial charge is 0.381 e. The van der Waals surface area contributed by atoms with Crippen molar-refractivity contribution >= 4 is 28.1 Å². The summed E-state index contributed by atoms with van der Waals surface area (Å²) in [5, 5.41) is 0. The lowest BCUT2D eigenvalue weighted by molar-refractivity contribution is 0.0780. The van der Waals surface area contributed by atoms with E-state index < -0.39 is 0 Å². The number of nitrogens with one attached hydrogen (secondary N) is 1. The van der Waals surface area contributed by atoms with Gasteiger partial charge in [0, 0.05) is 30.3 Å². The highest BCUT2D eigenvalue weighted by Crippen LogP contribution is 2.32. The molecule has 1 N–H and O–H groups in total. The van der Waals surface area contributed by atoms with Crippen LogP contribution < -0.4 is 10.5 Å². The lowest BCUT2D eigenvalue weighted by Gasteiger charge is -2.22. The van der Waals surface area contributed by atoms with Crippen molar-refractivity contribution in [1.82, 2.24) is 14.4 Å². The van der Waals surface area contributed by atoms with E-state index in [0.29, 0.717) is 29.7 Å². The van der Waals surface area contributed by atoms with E-state index in [2.05, 4.69) is 23.0 Å². The molecule has 1 amide bonds. The molecule has 7 nitrogen and oxygen atoms in total. The number of hydrogen-bond donors (Lipinski definition) is 1. The van der Waals surface area contributed by atoms with Crippen LogP contribution in [0.2, 0.25) is 0 Å². The van der Waals surface area contributed by atoms with Crippen LogP contribution in [0.3, 0.4) is 0 Å². The van der Waals surface area contributed by atoms with E-state index >= 15 is 0 Å². The van der Waals surface area contributed by atoms with Gasteiger partial charge in [0.05, 0.1) is 23.8 Å². The topological polar surface area (TPSA) is 79.7 Å². The van der Waals surface area contributed by atoms with E-state index in [0.717, 1.165) is 48.5 Å². The van der Waals surface area contributed by atoms with Gasteiger partial charge >= 0.3 is 0 Å². The van der Waals surface area contributed by atoms with Crippen LogP contribution in [0.15, 0.2) is 41.3 Å². The molecule has 2 aliphatic rings. The summed E-state index contributed by atoms with van der Waals surface area (Å²) in [7, 11) is 0. The zero-order chi connectivity index (χ0) is 22.7. The van der Waals surface area contributed by atoms with Crippen LogP contribution in [0.4, 0.5) is 5.69 Å². The first-order chi connectivity index (χ1) is 16.0. The Hall–Kier alpha value is -3.45. The maximum absolute atomic E-state index is 13.6. The van der Waals surface area contributed by atoms with Gasteiger partial charge in [-0.05, 0) is 62.4 Å². The van der Waals surface area contributed by atoms with E-state index in [1.54, 1.807) is 6.20 Å². The Balaban J connectivity index is 1.48. The maximum atomic E-state index is 13.6. The third-order valence-corrected chi connectivity index (χ3v) is 6.99. The quantitative estimate of drug-likeness (QED) is 0.511. The summed E-state index contributed by atoms with van der Waals surface area (Å²) in [5.74, 6) is 0.963. The summed E-state index contributed by atoms with van der Waals surface area (Å²) in [6, 6.07) is 10.0. The lowest BCUT2D eigenvalue weighted by atomic mass is 10.0. The summed E-state index contributed by atoms with van der Waals surface area (Å²) < 4.78 is 7.62. The third kappa shape index (κ3) is 3.18. The van der Waals surface area contributed by atoms with Crippen LogP contribution in [0, 0.1) is 13.8 Å². The average Bonchev–Trinajstić information content (AvgIpc) is 3.44. The SMILES string of the molecule is Cc1ccc2c(c1)CCN2C(=O)c1cc2[nH]c(=O)c3cnc(C4CCCOC4)n3c2cc1C. The molecule has 33 heavy (non-hydrogen) atoms. The first-order valence-corrected chi connectivity index (χ1v) is 11.5. The minimum Gasteiger partial charge on any atom is -0.381 e. The Morgan fingerprint density at radius 2 is 2.06 bits per heavy atom. The number of hydrogen-bond acceptors (Lipinski definition) is 4. The number of aromatic amines is 1. The van der Waals surface area contributed by atoms with Gasteiger partial charge in [-0.3, -0.25) is 14.0 Å². The molecule has 7 heteroatoms. The van der Waals surface area contributed by atoms with Crippen molar-refractivity contribution in [2.45, 2.75) is 39.0 Å². The molecule has 0 aliphatic carbocycles. The standard InChI is InChI=1S/C26H26N4O3/c1-15-5-6-21-17(10-15)7-8-29(21)26(32)19-12-20-22(11-16(19)2)30-23(25(31)28-20)13-27-24(30)18-4-3-9-33-14-18/h5-6,10-13,18H,3-4,7-9,14H2,1-2H3,(H,28,31). The van der Waals surface area contributed by atoms with Gasteiger partial charge < -0.3 is 14.6 Å². The fourth-order valence-corrected chi connectivity index (χ4v) is 5.29. The summed E-state index contributed by atoms with van der Waals surface area (Å²) in [6.45, 7) is 6.06. The van der Waals surface area contributed by atoms with Gasteiger partial charge in [0.15, 0.2) is 0 Å². The van der Waals surface area contributed by atoms with Crippen LogP contribution in [-0.4, -0.2) is 40.0 Å². The molecule has 0 saturated carbocycles. The Bertz CT molecular complexity index is 1480. The minimum atomic E-state index is -0.206. The molecule has 6 rings (SSSR count). The van der Waals surface area contributed by atoms with Crippen molar-refractivity contribution in [3.8, 4) is 0 Å². The van der Waals surface area contributed by atoms with E-state index in [9.17, 15) is 9.59 Å². The number of aryl methyl sites for hydroxylation is 2. The summed E-state index contributed by atoms with van der Waals surface area (Å²) in [4.78, 5) is 35.9. The maximum Gasteiger partial charge on any atom is 0.274 e. The van der Waals surface area contributed by atoms with Gasteiger partial charge in [-0.2, -0.15) is 0 Å². The number of ether oxygens (including phenoxy) is 1. The van der Waals surface area contributed by atoms with Gasteiger partial charge in [-0.1, -0.05) is 17.7 Å². The molecule has 1 fully saturated rings. The van der Waals surface area contributed by atoms with Gasteiger partial charge in [-0.25, -0.2) is 4.98 Å². The summed E-state index contributed by atoms with van der Waals surface area (Å²) >= 11 is 0. The number of aromatic nitrogens is 3. The van der Waals surface area contributed by atoms with Crippen molar-refractivity contribution in [3.05, 3.63) is 75.0 Å². The number of amides is 1. The van der Waals surface area contributed by atoms with Crippen molar-refractivity contribution in [1.29, 1.82) is 0 Å². The van der Waals surface area contributed by atoms with Crippen molar-refractivity contribution in [2.24, 2.45) is 0 Å². The molecular weight excluding hydrogens is 416 g/mol. The number of H-pyrrole nitrogens is 1. The first kappa shape index (κ1) is 20.2. The predicted molar refractivity (Wildman–Crippen MR) is 127 cm³/mol. The molecule has 0 bridgehead atoms. The number of rotatable bonds is 2. The molecule has 0 radical (unpaired) electrons. The molecule has 0 spiro atoms. The predicted octanol–water partition coefficient (Wildman–Crippen LogP) is 3.89. The third-order valence-electron chi connectivity index (χ3n) is 6.99. The van der Waals surface area contributed by atoms with E-state index in [1.807, 2.05) is 40.5 Å². The van der Waals surface area contributed by atoms with E-state index in [-0.39, 0.29) is 17.4 Å². The number of carbonyl (C=O) groups is 1. The zero-order valence-corrected chi connectivity index (χ0v) is 18.9. The summed E-state index contributed by atoms with van der Waals surface area (Å²) in [5.41, 5.74) is 6.67. The fourth-order valence-electron chi connectivity index (χ4n) is 5.29. The fraction of sp³-hybridized carbons (Fsp3) is 0.346. The molecule has 1 unspecified atom stereocenters. The first-order valence-electron chi connectivity index (χ1n) is 11.5. The highest BCUT2D eigenvalue weighted by atomic mass is 16.5. The molecule has 4 aromatic rings. The molecule has 1 saturated heterocycles. The van der Waals surface area contributed by atoms with Gasteiger partial charge in [0.25, 0.3) is 11.5 Å². The normalized spacial score (nSPS) is 18.2. The van der Waals surface area contributed by atoms with Crippen LogP contribution in [0.1, 0.15) is 51.6 Å². The molecule has 2 aliphatic heterocycles. The number of carbonyl (C=O) groups excluding carboxylic acids is 1. The van der Waals surface area contributed by atoms with Crippen LogP contribution >= 0.6 is 0 Å². The summed E-state index contributed by atoms with van der Waals surface area (Å²) in [6.07, 6.45) is 4.46. The second kappa shape index (κ2) is 7.56. The van der Waals surface area contributed by atoms with Crippen molar-refractivity contribution < 1.29 is 9.53 Å². The van der Waals surface area contributed by atoms with Gasteiger partial charge in [0.1, 0.15) is 11.3 Å². The van der Waals surface area contributed by atoms with Gasteiger partial charge in [-0.15, -0.1) is 0 Å². The second-order valence-corrected chi connectivity index (χ2v) is 9.23. The molecule has 1 atom stereocenters. The number of fused-ring (bicyclic) bond motifs is 4. The molecular formula is C26H26N4O3. The van der Waals surface area contributed by atoms with Crippen LogP contribution in [0.25, 0.3) is 16.6 Å². The molecule has 4 heterocycles. The number of nitrogens with zero attached hydrogens (tertiary/aromatic N) is 3. The van der Waals surface area contributed by atoms with Gasteiger partial charge in [0.2, 0.25) is 0 Å². The smallest absolute Gasteiger partial charge is 0.274 e. The van der Waals surface area contributed by atoms with E-state index in [1.165, 1.54) is 11.1 Å². The average molecular weight is 443 g/mol. The Morgan fingerprint density at radius 3 is 2.88 bits per heavy atom. The number of imidazole rings is 1. The number of anilines is 1. The van der Waals surface area contributed by atoms with Crippen LogP contribution in [-0.2, 0) is 11.2 Å². The van der Waals surface area contributed by atoms with E-state index in [4.69, 9.17) is 4.74 Å². The van der Waals surface area contributed by atoms with Crippen molar-refractivity contribution in [2.75, 3.05) is 24.7 Å². The van der Waals surface area contributed by atoms with Crippen molar-refractivity contribution in [3.63, 3.8) is 0 Å². The highest BCUT2D eigenvalue weighted by Gasteiger charge is 2.28. The number of benzene rings is 2. The zero-order valence-electron chi connectivity index (χ0n) is 18.9. The monoisotopic (exact) mass is 442 g/mol. The van der Waals surface area contributed by atoms with Crippen LogP contribution in [0.5, 0.6) is 0 Å². The Kier molecular flexibility index (Phi) is 4.62. The second-order valence-electron chi connectivity index (χ2n) is 9.23. The Labute approximate surface area is 191 Å². The minimum absolute atomic E-state index is 0.0375. The molecule has 2 aromatic heterocycles. The molecule has 168 valence electrons. The lowest BCUT2D eigenvalue weighted by Crippen LogP contribution is -2.29. The molecule has 2 aromatic carbocycles.